The fourth-order valence-electron chi connectivity index (χ4n) is 2.90. The number of β-amino-alcohol motifs (C(OH)–C–C–N with tert-alkyl or cyclic N) is 1. The van der Waals surface area contributed by atoms with Crippen LogP contribution in [0.5, 0.6) is 0 Å². The summed E-state index contributed by atoms with van der Waals surface area (Å²) in [4.78, 5) is 13.1. The summed E-state index contributed by atoms with van der Waals surface area (Å²) in [7, 11) is 1.84. The molecule has 1 aromatic rings. The standard InChI is InChI=1S/C14H20N4O2/c1-17-8-11(5-12(17)7-15)9-18-4-2-3-14(20,10-18)6-13(16)19/h5,8,20H,2-4,6,9-10H2,1H3,(H2,16,19). The van der Waals surface area contributed by atoms with E-state index in [2.05, 4.69) is 11.0 Å². The largest absolute Gasteiger partial charge is 0.388 e. The lowest BCUT2D eigenvalue weighted by Crippen LogP contribution is -2.49. The topological polar surface area (TPSA) is 95.3 Å². The summed E-state index contributed by atoms with van der Waals surface area (Å²) in [5.41, 5.74) is 5.82. The van der Waals surface area contributed by atoms with E-state index in [1.807, 2.05) is 19.3 Å². The van der Waals surface area contributed by atoms with Crippen molar-refractivity contribution in [3.8, 4) is 6.07 Å². The van der Waals surface area contributed by atoms with Gasteiger partial charge in [0.15, 0.2) is 0 Å². The van der Waals surface area contributed by atoms with Crippen molar-refractivity contribution in [3.05, 3.63) is 23.5 Å². The third-order valence-electron chi connectivity index (χ3n) is 3.72. The molecule has 1 saturated heterocycles. The van der Waals surface area contributed by atoms with E-state index in [0.717, 1.165) is 18.5 Å². The summed E-state index contributed by atoms with van der Waals surface area (Å²) in [6.07, 6.45) is 3.36. The van der Waals surface area contributed by atoms with Crippen LogP contribution in [0, 0.1) is 11.3 Å². The Labute approximate surface area is 118 Å². The second kappa shape index (κ2) is 5.65. The lowest BCUT2D eigenvalue weighted by Gasteiger charge is -2.38. The first-order chi connectivity index (χ1) is 9.42. The molecule has 0 saturated carbocycles. The van der Waals surface area contributed by atoms with E-state index in [1.54, 1.807) is 4.57 Å². The van der Waals surface area contributed by atoms with Crippen LogP contribution in [-0.2, 0) is 18.4 Å². The fraction of sp³-hybridized carbons (Fsp3) is 0.571. The number of aromatic nitrogens is 1. The molecule has 1 amide bonds. The van der Waals surface area contributed by atoms with Gasteiger partial charge >= 0.3 is 0 Å². The van der Waals surface area contributed by atoms with E-state index in [0.29, 0.717) is 25.2 Å². The monoisotopic (exact) mass is 276 g/mol. The summed E-state index contributed by atoms with van der Waals surface area (Å²) in [5, 5.41) is 19.3. The molecule has 108 valence electrons. The maximum atomic E-state index is 11.0. The van der Waals surface area contributed by atoms with E-state index in [4.69, 9.17) is 11.0 Å². The molecule has 20 heavy (non-hydrogen) atoms. The highest BCUT2D eigenvalue weighted by Gasteiger charge is 2.34. The van der Waals surface area contributed by atoms with Gasteiger partial charge in [0.05, 0.1) is 12.0 Å². The molecule has 1 atom stereocenters. The van der Waals surface area contributed by atoms with Crippen molar-refractivity contribution in [2.24, 2.45) is 12.8 Å². The van der Waals surface area contributed by atoms with Crippen LogP contribution in [0.4, 0.5) is 0 Å². The van der Waals surface area contributed by atoms with Crippen molar-refractivity contribution in [3.63, 3.8) is 0 Å². The molecule has 0 bridgehead atoms. The number of nitrogens with two attached hydrogens (primary N) is 1. The van der Waals surface area contributed by atoms with E-state index >= 15 is 0 Å². The summed E-state index contributed by atoms with van der Waals surface area (Å²) in [6.45, 7) is 1.97. The molecule has 1 aliphatic rings. The Balaban J connectivity index is 2.02. The second-order valence-electron chi connectivity index (χ2n) is 5.64. The maximum Gasteiger partial charge on any atom is 0.220 e. The fourth-order valence-corrected chi connectivity index (χ4v) is 2.90. The van der Waals surface area contributed by atoms with Crippen LogP contribution < -0.4 is 5.73 Å². The van der Waals surface area contributed by atoms with Crippen molar-refractivity contribution < 1.29 is 9.90 Å². The zero-order valence-corrected chi connectivity index (χ0v) is 11.7. The van der Waals surface area contributed by atoms with Gasteiger partial charge < -0.3 is 15.4 Å². The number of nitrogens with zero attached hydrogens (tertiary/aromatic N) is 3. The van der Waals surface area contributed by atoms with Gasteiger partial charge in [-0.15, -0.1) is 0 Å². The first-order valence-electron chi connectivity index (χ1n) is 6.70. The van der Waals surface area contributed by atoms with Crippen molar-refractivity contribution in [2.75, 3.05) is 13.1 Å². The van der Waals surface area contributed by atoms with E-state index in [9.17, 15) is 9.90 Å². The van der Waals surface area contributed by atoms with Gasteiger partial charge in [-0.2, -0.15) is 5.26 Å². The van der Waals surface area contributed by atoms with Crippen molar-refractivity contribution >= 4 is 5.91 Å². The number of hydrogen-bond donors (Lipinski definition) is 2. The summed E-state index contributed by atoms with van der Waals surface area (Å²) in [5.74, 6) is -0.471. The average Bonchev–Trinajstić information content (AvgIpc) is 2.67. The Hall–Kier alpha value is -1.84. The number of aryl methyl sites for hydroxylation is 1. The highest BCUT2D eigenvalue weighted by molar-refractivity contribution is 5.75. The molecule has 0 aromatic carbocycles. The minimum atomic E-state index is -1.02. The van der Waals surface area contributed by atoms with E-state index in [-0.39, 0.29) is 6.42 Å². The summed E-state index contributed by atoms with van der Waals surface area (Å²) >= 11 is 0. The molecule has 0 aliphatic carbocycles. The first-order valence-corrected chi connectivity index (χ1v) is 6.70. The Bertz CT molecular complexity index is 546. The third kappa shape index (κ3) is 3.38. The van der Waals surface area contributed by atoms with Crippen molar-refractivity contribution in [1.29, 1.82) is 5.26 Å². The highest BCUT2D eigenvalue weighted by atomic mass is 16.3. The van der Waals surface area contributed by atoms with Gasteiger partial charge in [-0.3, -0.25) is 9.69 Å². The number of aliphatic hydroxyl groups is 1. The summed E-state index contributed by atoms with van der Waals surface area (Å²) in [6, 6.07) is 3.98. The Morgan fingerprint density at radius 3 is 3.00 bits per heavy atom. The third-order valence-corrected chi connectivity index (χ3v) is 3.72. The number of amides is 1. The molecular formula is C14H20N4O2. The smallest absolute Gasteiger partial charge is 0.220 e. The molecule has 1 aromatic heterocycles. The predicted molar refractivity (Wildman–Crippen MR) is 73.4 cm³/mol. The molecule has 3 N–H and O–H groups in total. The summed E-state index contributed by atoms with van der Waals surface area (Å²) < 4.78 is 1.79. The van der Waals surface area contributed by atoms with Gasteiger partial charge in [0.2, 0.25) is 5.91 Å². The van der Waals surface area contributed by atoms with Gasteiger partial charge in [-0.1, -0.05) is 0 Å². The number of primary amides is 1. The maximum absolute atomic E-state index is 11.0. The van der Waals surface area contributed by atoms with Crippen LogP contribution in [0.15, 0.2) is 12.3 Å². The van der Waals surface area contributed by atoms with Gasteiger partial charge in [-0.05, 0) is 31.0 Å². The highest BCUT2D eigenvalue weighted by Crippen LogP contribution is 2.25. The van der Waals surface area contributed by atoms with Gasteiger partial charge in [0.1, 0.15) is 11.8 Å². The van der Waals surface area contributed by atoms with Crippen molar-refractivity contribution in [1.82, 2.24) is 9.47 Å². The molecule has 2 rings (SSSR count). The quantitative estimate of drug-likeness (QED) is 0.815. The zero-order valence-electron chi connectivity index (χ0n) is 11.7. The van der Waals surface area contributed by atoms with Crippen LogP contribution in [-0.4, -0.2) is 39.2 Å². The second-order valence-corrected chi connectivity index (χ2v) is 5.64. The van der Waals surface area contributed by atoms with Crippen LogP contribution in [0.1, 0.15) is 30.5 Å². The number of rotatable bonds is 4. The number of carbonyl (C=O) groups is 1. The van der Waals surface area contributed by atoms with Crippen LogP contribution >= 0.6 is 0 Å². The first kappa shape index (κ1) is 14.6. The molecule has 0 radical (unpaired) electrons. The number of hydrogen-bond acceptors (Lipinski definition) is 4. The van der Waals surface area contributed by atoms with E-state index < -0.39 is 11.5 Å². The molecule has 6 nitrogen and oxygen atoms in total. The molecular weight excluding hydrogens is 256 g/mol. The number of piperidine rings is 1. The minimum Gasteiger partial charge on any atom is -0.388 e. The normalized spacial score (nSPS) is 23.4. The molecule has 2 heterocycles. The Morgan fingerprint density at radius 2 is 2.40 bits per heavy atom. The van der Waals surface area contributed by atoms with E-state index in [1.165, 1.54) is 0 Å². The molecule has 1 aliphatic heterocycles. The average molecular weight is 276 g/mol. The number of nitriles is 1. The molecule has 1 unspecified atom stereocenters. The molecule has 0 spiro atoms. The lowest BCUT2D eigenvalue weighted by atomic mass is 9.89. The predicted octanol–water partition coefficient (Wildman–Crippen LogP) is 0.0991. The van der Waals surface area contributed by atoms with Crippen LogP contribution in [0.25, 0.3) is 0 Å². The molecule has 1 fully saturated rings. The zero-order chi connectivity index (χ0) is 14.8. The van der Waals surface area contributed by atoms with Crippen LogP contribution in [0.3, 0.4) is 0 Å². The van der Waals surface area contributed by atoms with Gasteiger partial charge in [0.25, 0.3) is 0 Å². The van der Waals surface area contributed by atoms with Crippen molar-refractivity contribution in [2.45, 2.75) is 31.4 Å². The minimum absolute atomic E-state index is 0.00172. The Morgan fingerprint density at radius 1 is 1.65 bits per heavy atom. The SMILES string of the molecule is Cn1cc(CN2CCCC(O)(CC(N)=O)C2)cc1C#N. The number of carbonyl (C=O) groups excluding carboxylic acids is 1. The lowest BCUT2D eigenvalue weighted by molar-refractivity contribution is -0.125. The van der Waals surface area contributed by atoms with Gasteiger partial charge in [0, 0.05) is 26.3 Å². The number of likely N-dealkylation sites (tertiary alicyclic amines) is 1. The molecule has 6 heteroatoms. The Kier molecular flexibility index (Phi) is 4.12. The van der Waals surface area contributed by atoms with Gasteiger partial charge in [-0.25, -0.2) is 0 Å². The van der Waals surface area contributed by atoms with Crippen LogP contribution in [0.2, 0.25) is 0 Å².